The van der Waals surface area contributed by atoms with Crippen molar-refractivity contribution in [1.29, 1.82) is 0 Å². The number of rotatable bonds is 5. The van der Waals surface area contributed by atoms with Crippen molar-refractivity contribution in [1.82, 2.24) is 5.32 Å². The lowest BCUT2D eigenvalue weighted by atomic mass is 9.72. The molecule has 0 bridgehead atoms. The van der Waals surface area contributed by atoms with Crippen molar-refractivity contribution in [3.05, 3.63) is 21.9 Å². The second kappa shape index (κ2) is 6.72. The van der Waals surface area contributed by atoms with Gasteiger partial charge in [0.05, 0.1) is 0 Å². The zero-order valence-electron chi connectivity index (χ0n) is 12.0. The van der Waals surface area contributed by atoms with E-state index in [1.807, 2.05) is 11.3 Å². The SMILES string of the molecule is CCNCC1CCC(CC)CC1c1sccc1C. The number of nitrogens with one attached hydrogen (secondary N) is 1. The Labute approximate surface area is 116 Å². The molecule has 102 valence electrons. The highest BCUT2D eigenvalue weighted by atomic mass is 32.1. The molecule has 0 spiro atoms. The topological polar surface area (TPSA) is 12.0 Å². The number of aryl methyl sites for hydroxylation is 1. The lowest BCUT2D eigenvalue weighted by Crippen LogP contribution is -2.31. The van der Waals surface area contributed by atoms with Gasteiger partial charge < -0.3 is 5.32 Å². The summed E-state index contributed by atoms with van der Waals surface area (Å²) in [6.45, 7) is 9.15. The third-order valence-electron chi connectivity index (χ3n) is 4.57. The summed E-state index contributed by atoms with van der Waals surface area (Å²) >= 11 is 1.98. The van der Waals surface area contributed by atoms with Gasteiger partial charge in [0.2, 0.25) is 0 Å². The van der Waals surface area contributed by atoms with E-state index in [0.29, 0.717) is 0 Å². The Morgan fingerprint density at radius 1 is 1.33 bits per heavy atom. The fraction of sp³-hybridized carbons (Fsp3) is 0.750. The monoisotopic (exact) mass is 265 g/mol. The zero-order valence-corrected chi connectivity index (χ0v) is 12.9. The summed E-state index contributed by atoms with van der Waals surface area (Å²) in [4.78, 5) is 1.66. The van der Waals surface area contributed by atoms with E-state index >= 15 is 0 Å². The van der Waals surface area contributed by atoms with Crippen molar-refractivity contribution in [2.75, 3.05) is 13.1 Å². The second-order valence-electron chi connectivity index (χ2n) is 5.73. The van der Waals surface area contributed by atoms with E-state index in [9.17, 15) is 0 Å². The molecule has 0 aromatic carbocycles. The molecule has 1 saturated carbocycles. The maximum Gasteiger partial charge on any atom is 0.0109 e. The Kier molecular flexibility index (Phi) is 5.25. The molecular formula is C16H27NS. The molecule has 1 heterocycles. The van der Waals surface area contributed by atoms with Crippen LogP contribution in [0.1, 0.15) is 55.9 Å². The minimum atomic E-state index is 0.808. The average molecular weight is 265 g/mol. The predicted molar refractivity (Wildman–Crippen MR) is 81.5 cm³/mol. The molecule has 3 atom stereocenters. The summed E-state index contributed by atoms with van der Waals surface area (Å²) in [5.74, 6) is 2.61. The smallest absolute Gasteiger partial charge is 0.0109 e. The Bertz CT molecular complexity index is 358. The van der Waals surface area contributed by atoms with Crippen LogP contribution in [0.2, 0.25) is 0 Å². The van der Waals surface area contributed by atoms with Crippen molar-refractivity contribution in [3.8, 4) is 0 Å². The molecule has 2 rings (SSSR count). The van der Waals surface area contributed by atoms with Gasteiger partial charge in [0, 0.05) is 4.88 Å². The molecule has 1 aromatic heterocycles. The van der Waals surface area contributed by atoms with Crippen molar-refractivity contribution < 1.29 is 0 Å². The molecule has 1 aromatic rings. The van der Waals surface area contributed by atoms with Crippen LogP contribution in [0, 0.1) is 18.8 Å². The van der Waals surface area contributed by atoms with Gasteiger partial charge >= 0.3 is 0 Å². The molecule has 2 heteroatoms. The van der Waals surface area contributed by atoms with E-state index in [1.165, 1.54) is 37.8 Å². The van der Waals surface area contributed by atoms with E-state index in [-0.39, 0.29) is 0 Å². The molecule has 3 unspecified atom stereocenters. The first-order valence-electron chi connectivity index (χ1n) is 7.50. The lowest BCUT2D eigenvalue weighted by molar-refractivity contribution is 0.228. The van der Waals surface area contributed by atoms with Crippen LogP contribution in [0.15, 0.2) is 11.4 Å². The molecule has 0 aliphatic heterocycles. The van der Waals surface area contributed by atoms with Crippen LogP contribution >= 0.6 is 11.3 Å². The molecule has 1 nitrogen and oxygen atoms in total. The molecule has 0 saturated heterocycles. The van der Waals surface area contributed by atoms with Gasteiger partial charge in [-0.05, 0) is 67.6 Å². The van der Waals surface area contributed by atoms with Crippen molar-refractivity contribution in [2.45, 2.75) is 52.4 Å². The quantitative estimate of drug-likeness (QED) is 0.822. The van der Waals surface area contributed by atoms with E-state index < -0.39 is 0 Å². The van der Waals surface area contributed by atoms with Gasteiger partial charge in [-0.3, -0.25) is 0 Å². The van der Waals surface area contributed by atoms with Gasteiger partial charge in [0.15, 0.2) is 0 Å². The maximum atomic E-state index is 3.57. The standard InChI is InChI=1S/C16H27NS/c1-4-13-6-7-14(11-17-5-2)15(10-13)16-12(3)8-9-18-16/h8-9,13-15,17H,4-7,10-11H2,1-3H3. The largest absolute Gasteiger partial charge is 0.317 e. The maximum absolute atomic E-state index is 3.57. The Morgan fingerprint density at radius 3 is 2.78 bits per heavy atom. The molecule has 1 aliphatic rings. The minimum Gasteiger partial charge on any atom is -0.317 e. The normalized spacial score (nSPS) is 28.5. The molecule has 0 radical (unpaired) electrons. The van der Waals surface area contributed by atoms with Crippen LogP contribution in [0.4, 0.5) is 0 Å². The van der Waals surface area contributed by atoms with Gasteiger partial charge in [-0.2, -0.15) is 0 Å². The summed E-state index contributed by atoms with van der Waals surface area (Å²) in [5.41, 5.74) is 1.52. The summed E-state index contributed by atoms with van der Waals surface area (Å²) in [5, 5.41) is 5.84. The third-order valence-corrected chi connectivity index (χ3v) is 5.73. The van der Waals surface area contributed by atoms with Gasteiger partial charge in [-0.25, -0.2) is 0 Å². The average Bonchev–Trinajstić information content (AvgIpc) is 2.82. The number of thiophene rings is 1. The zero-order chi connectivity index (χ0) is 13.0. The van der Waals surface area contributed by atoms with Crippen molar-refractivity contribution in [3.63, 3.8) is 0 Å². The summed E-state index contributed by atoms with van der Waals surface area (Å²) in [6, 6.07) is 2.29. The van der Waals surface area contributed by atoms with E-state index in [1.54, 1.807) is 4.88 Å². The van der Waals surface area contributed by atoms with E-state index in [4.69, 9.17) is 0 Å². The third kappa shape index (κ3) is 3.16. The molecular weight excluding hydrogens is 238 g/mol. The first kappa shape index (κ1) is 14.1. The van der Waals surface area contributed by atoms with Gasteiger partial charge in [0.1, 0.15) is 0 Å². The molecule has 1 aliphatic carbocycles. The van der Waals surface area contributed by atoms with E-state index in [0.717, 1.165) is 24.3 Å². The van der Waals surface area contributed by atoms with Gasteiger partial charge in [-0.15, -0.1) is 11.3 Å². The van der Waals surface area contributed by atoms with Crippen LogP contribution in [0.3, 0.4) is 0 Å². The molecule has 1 fully saturated rings. The highest BCUT2D eigenvalue weighted by Crippen LogP contribution is 2.44. The summed E-state index contributed by atoms with van der Waals surface area (Å²) in [7, 11) is 0. The molecule has 18 heavy (non-hydrogen) atoms. The first-order chi connectivity index (χ1) is 8.76. The van der Waals surface area contributed by atoms with Crippen LogP contribution < -0.4 is 5.32 Å². The van der Waals surface area contributed by atoms with Crippen molar-refractivity contribution >= 4 is 11.3 Å². The molecule has 0 amide bonds. The highest BCUT2D eigenvalue weighted by Gasteiger charge is 2.31. The van der Waals surface area contributed by atoms with Crippen LogP contribution in [0.5, 0.6) is 0 Å². The number of hydrogen-bond acceptors (Lipinski definition) is 2. The Hall–Kier alpha value is -0.340. The van der Waals surface area contributed by atoms with Gasteiger partial charge in [0.25, 0.3) is 0 Å². The first-order valence-corrected chi connectivity index (χ1v) is 8.38. The van der Waals surface area contributed by atoms with Crippen LogP contribution in [-0.4, -0.2) is 13.1 Å². The summed E-state index contributed by atoms with van der Waals surface area (Å²) in [6.07, 6.45) is 5.61. The lowest BCUT2D eigenvalue weighted by Gasteiger charge is -2.36. The second-order valence-corrected chi connectivity index (χ2v) is 6.68. The summed E-state index contributed by atoms with van der Waals surface area (Å²) < 4.78 is 0. The fourth-order valence-corrected chi connectivity index (χ4v) is 4.49. The highest BCUT2D eigenvalue weighted by molar-refractivity contribution is 7.10. The van der Waals surface area contributed by atoms with Crippen molar-refractivity contribution in [2.24, 2.45) is 11.8 Å². The van der Waals surface area contributed by atoms with Crippen LogP contribution in [-0.2, 0) is 0 Å². The van der Waals surface area contributed by atoms with E-state index in [2.05, 4.69) is 37.5 Å². The minimum absolute atomic E-state index is 0.808. The predicted octanol–water partition coefficient (Wildman–Crippen LogP) is 4.58. The Balaban J connectivity index is 2.11. The number of hydrogen-bond donors (Lipinski definition) is 1. The Morgan fingerprint density at radius 2 is 2.17 bits per heavy atom. The fourth-order valence-electron chi connectivity index (χ4n) is 3.35. The molecule has 1 N–H and O–H groups in total. The van der Waals surface area contributed by atoms with Crippen LogP contribution in [0.25, 0.3) is 0 Å². The van der Waals surface area contributed by atoms with Gasteiger partial charge in [-0.1, -0.05) is 26.7 Å².